The van der Waals surface area contributed by atoms with Crippen molar-refractivity contribution in [1.82, 2.24) is 10.4 Å². The predicted molar refractivity (Wildman–Crippen MR) is 117 cm³/mol. The first kappa shape index (κ1) is 27.9. The molecule has 1 aliphatic rings. The van der Waals surface area contributed by atoms with Crippen LogP contribution in [0.4, 0.5) is 39.5 Å². The van der Waals surface area contributed by atoms with Gasteiger partial charge in [0.25, 0.3) is 0 Å². The molecule has 1 heterocycles. The fourth-order valence-electron chi connectivity index (χ4n) is 3.21. The summed E-state index contributed by atoms with van der Waals surface area (Å²) in [5.74, 6) is -4.13. The molecule has 2 nitrogen and oxygen atoms in total. The fraction of sp³-hybridized carbons (Fsp3) is 0.250. The first-order chi connectivity index (χ1) is 15.9. The summed E-state index contributed by atoms with van der Waals surface area (Å²) in [6.45, 7) is -1.84. The number of rotatable bonds is 5. The van der Waals surface area contributed by atoms with Gasteiger partial charge in [-0.3, -0.25) is 0 Å². The Kier molecular flexibility index (Phi) is 7.66. The van der Waals surface area contributed by atoms with Gasteiger partial charge in [0.15, 0.2) is 0 Å². The summed E-state index contributed by atoms with van der Waals surface area (Å²) in [7, 11) is 0. The zero-order valence-electron chi connectivity index (χ0n) is 16.6. The van der Waals surface area contributed by atoms with Crippen LogP contribution >= 0.6 is 47.0 Å². The minimum absolute atomic E-state index is 0.128. The van der Waals surface area contributed by atoms with Crippen molar-refractivity contribution in [2.24, 2.45) is 0 Å². The molecule has 1 N–H and O–H groups in total. The van der Waals surface area contributed by atoms with Crippen LogP contribution in [-0.4, -0.2) is 28.9 Å². The van der Waals surface area contributed by atoms with Gasteiger partial charge in [-0.2, -0.15) is 35.1 Å². The molecule has 0 fully saturated rings. The van der Waals surface area contributed by atoms with E-state index in [1.165, 1.54) is 5.43 Å². The molecule has 190 valence electrons. The third-order valence-electron chi connectivity index (χ3n) is 4.80. The zero-order chi connectivity index (χ0) is 26.5. The highest BCUT2D eigenvalue weighted by Gasteiger charge is 2.51. The topological polar surface area (TPSA) is 15.3 Å². The summed E-state index contributed by atoms with van der Waals surface area (Å²) in [5, 5.41) is -1.08. The lowest BCUT2D eigenvalue weighted by Gasteiger charge is -2.27. The Morgan fingerprint density at radius 1 is 1.03 bits per heavy atom. The van der Waals surface area contributed by atoms with E-state index in [2.05, 4.69) is 0 Å². The lowest BCUT2D eigenvalue weighted by molar-refractivity contribution is -0.168. The highest BCUT2D eigenvalue weighted by Crippen LogP contribution is 2.45. The Morgan fingerprint density at radius 3 is 2.11 bits per heavy atom. The normalized spacial score (nSPS) is 17.1. The van der Waals surface area contributed by atoms with Crippen molar-refractivity contribution < 1.29 is 39.5 Å². The molecule has 1 aliphatic heterocycles. The van der Waals surface area contributed by atoms with Crippen LogP contribution in [-0.2, 0) is 6.05 Å². The third kappa shape index (κ3) is 5.82. The van der Waals surface area contributed by atoms with Crippen LogP contribution in [0.3, 0.4) is 0 Å². The lowest BCUT2D eigenvalue weighted by atomic mass is 9.96. The second kappa shape index (κ2) is 9.62. The molecule has 3 rings (SSSR count). The second-order valence-corrected chi connectivity index (χ2v) is 8.80. The summed E-state index contributed by atoms with van der Waals surface area (Å²) in [6.07, 6.45) is -9.76. The molecule has 0 bridgehead atoms. The average Bonchev–Trinajstić information content (AvgIpc) is 2.91. The Hall–Kier alpha value is -1.73. The van der Waals surface area contributed by atoms with Crippen molar-refractivity contribution in [2.75, 3.05) is 6.54 Å². The Balaban J connectivity index is 2.01. The lowest BCUT2D eigenvalue weighted by Crippen LogP contribution is -2.50. The van der Waals surface area contributed by atoms with Crippen LogP contribution in [0.1, 0.15) is 28.2 Å². The molecule has 1 unspecified atom stereocenters. The summed E-state index contributed by atoms with van der Waals surface area (Å²) >= 11 is 22.1. The summed E-state index contributed by atoms with van der Waals surface area (Å²) in [5.41, 5.74) is -1.16. The van der Waals surface area contributed by atoms with Crippen molar-refractivity contribution in [3.05, 3.63) is 73.7 Å². The average molecular weight is 588 g/mol. The molecule has 2 aromatic rings. The highest BCUT2D eigenvalue weighted by atomic mass is 35.5. The number of hydrazine groups is 1. The van der Waals surface area contributed by atoms with E-state index in [0.29, 0.717) is 6.07 Å². The van der Waals surface area contributed by atoms with Gasteiger partial charge in [-0.1, -0.05) is 59.2 Å². The monoisotopic (exact) mass is 586 g/mol. The number of nitrogens with zero attached hydrogens (tertiary/aromatic N) is 1. The zero-order valence-corrected chi connectivity index (χ0v) is 19.7. The Labute approximate surface area is 212 Å². The van der Waals surface area contributed by atoms with Crippen molar-refractivity contribution in [3.8, 4) is 0 Å². The number of hydrogen-bond donors (Lipinski definition) is 1. The summed E-state index contributed by atoms with van der Waals surface area (Å²) in [6, 6.07) is -0.223. The predicted octanol–water partition coefficient (Wildman–Crippen LogP) is 8.41. The minimum Gasteiger partial charge on any atom is -0.231 e. The van der Waals surface area contributed by atoms with E-state index in [1.54, 1.807) is 0 Å². The van der Waals surface area contributed by atoms with E-state index in [1.807, 2.05) is 0 Å². The van der Waals surface area contributed by atoms with Gasteiger partial charge in [-0.25, -0.2) is 14.8 Å². The number of alkyl halides is 8. The summed E-state index contributed by atoms with van der Waals surface area (Å²) < 4.78 is 123. The van der Waals surface area contributed by atoms with E-state index in [4.69, 9.17) is 47.0 Å². The van der Waals surface area contributed by atoms with Crippen molar-refractivity contribution in [3.63, 3.8) is 0 Å². The maximum absolute atomic E-state index is 14.9. The maximum atomic E-state index is 14.9. The van der Waals surface area contributed by atoms with E-state index >= 15 is 0 Å². The van der Waals surface area contributed by atoms with Crippen LogP contribution in [0, 0.1) is 0 Å². The molecule has 35 heavy (non-hydrogen) atoms. The van der Waals surface area contributed by atoms with Crippen LogP contribution in [0.2, 0.25) is 15.1 Å². The minimum atomic E-state index is -5.04. The number of thiocarbonyl (C=S) groups is 1. The van der Waals surface area contributed by atoms with E-state index in [-0.39, 0.29) is 31.7 Å². The standard InChI is InChI=1S/C20H10Cl3F9N2S/c21-13-4-9(5-14(22)16(13)23)11(19(28,29)30)6-15(24)8-1-2-10-12(3-8)20(31,32)34(17(10)35)33-7-18(25,26)27/h1-6,11,33H,7H2/b15-6-. The van der Waals surface area contributed by atoms with Gasteiger partial charge in [0.2, 0.25) is 0 Å². The molecule has 0 amide bonds. The van der Waals surface area contributed by atoms with Crippen molar-refractivity contribution >= 4 is 57.8 Å². The van der Waals surface area contributed by atoms with E-state index in [9.17, 15) is 39.5 Å². The third-order valence-corrected chi connectivity index (χ3v) is 6.40. The van der Waals surface area contributed by atoms with E-state index < -0.39 is 58.4 Å². The molecule has 2 aromatic carbocycles. The molecular formula is C20H10Cl3F9N2S. The highest BCUT2D eigenvalue weighted by molar-refractivity contribution is 7.80. The van der Waals surface area contributed by atoms with Crippen LogP contribution in [0.5, 0.6) is 0 Å². The van der Waals surface area contributed by atoms with Gasteiger partial charge in [-0.05, 0) is 29.8 Å². The SMILES string of the molecule is F/C(=C\C(c1cc(Cl)c(Cl)c(Cl)c1)C(F)(F)F)c1ccc2c(c1)C(F)(F)N(NCC(F)(F)F)C2=S. The van der Waals surface area contributed by atoms with Crippen molar-refractivity contribution in [1.29, 1.82) is 0 Å². The smallest absolute Gasteiger partial charge is 0.231 e. The number of fused-ring (bicyclic) bond motifs is 1. The molecule has 0 saturated carbocycles. The second-order valence-electron chi connectivity index (χ2n) is 7.22. The van der Waals surface area contributed by atoms with Crippen molar-refractivity contribution in [2.45, 2.75) is 24.3 Å². The van der Waals surface area contributed by atoms with Gasteiger partial charge < -0.3 is 0 Å². The first-order valence-corrected chi connectivity index (χ1v) is 10.7. The van der Waals surface area contributed by atoms with Gasteiger partial charge >= 0.3 is 18.4 Å². The molecular weight excluding hydrogens is 578 g/mol. The van der Waals surface area contributed by atoms with Gasteiger partial charge in [-0.15, -0.1) is 0 Å². The maximum Gasteiger partial charge on any atom is 0.402 e. The largest absolute Gasteiger partial charge is 0.402 e. The number of nitrogens with one attached hydrogen (secondary N) is 1. The number of allylic oxidation sites excluding steroid dienone is 1. The van der Waals surface area contributed by atoms with Gasteiger partial charge in [0.05, 0.1) is 20.6 Å². The van der Waals surface area contributed by atoms with Crippen LogP contribution in [0.25, 0.3) is 5.83 Å². The number of benzene rings is 2. The molecule has 0 aliphatic carbocycles. The number of halogens is 12. The van der Waals surface area contributed by atoms with E-state index in [0.717, 1.165) is 24.3 Å². The molecule has 0 saturated heterocycles. The Bertz CT molecular complexity index is 1170. The Morgan fingerprint density at radius 2 is 1.60 bits per heavy atom. The number of hydrogen-bond acceptors (Lipinski definition) is 2. The molecule has 15 heteroatoms. The molecule has 0 radical (unpaired) electrons. The quantitative estimate of drug-likeness (QED) is 0.164. The van der Waals surface area contributed by atoms with Crippen LogP contribution in [0.15, 0.2) is 36.4 Å². The van der Waals surface area contributed by atoms with Gasteiger partial charge in [0.1, 0.15) is 23.3 Å². The fourth-order valence-corrected chi connectivity index (χ4v) is 4.18. The van der Waals surface area contributed by atoms with Crippen LogP contribution < -0.4 is 5.43 Å². The molecule has 0 aromatic heterocycles. The summed E-state index contributed by atoms with van der Waals surface area (Å²) in [4.78, 5) is -0.705. The molecule has 1 atom stereocenters. The first-order valence-electron chi connectivity index (χ1n) is 9.19. The molecule has 0 spiro atoms. The van der Waals surface area contributed by atoms with Gasteiger partial charge in [0, 0.05) is 11.1 Å².